The molecule has 1 fully saturated rings. The van der Waals surface area contributed by atoms with Crippen molar-refractivity contribution >= 4 is 23.1 Å². The van der Waals surface area contributed by atoms with E-state index < -0.39 is 45.5 Å². The van der Waals surface area contributed by atoms with E-state index in [-0.39, 0.29) is 34.8 Å². The summed E-state index contributed by atoms with van der Waals surface area (Å²) in [6, 6.07) is 9.79. The van der Waals surface area contributed by atoms with E-state index in [1.165, 1.54) is 18.6 Å². The Kier molecular flexibility index (Phi) is 6.97. The molecule has 2 aromatic carbocycles. The summed E-state index contributed by atoms with van der Waals surface area (Å²) in [5.41, 5.74) is 0.810. The van der Waals surface area contributed by atoms with Crippen molar-refractivity contribution in [2.75, 3.05) is 0 Å². The predicted octanol–water partition coefficient (Wildman–Crippen LogP) is 6.49. The molecule has 4 atom stereocenters. The molecule has 0 radical (unpaired) electrons. The molecule has 0 saturated heterocycles. The first-order valence-corrected chi connectivity index (χ1v) is 15.0. The van der Waals surface area contributed by atoms with Crippen LogP contribution in [0.2, 0.25) is 0 Å². The Hall–Kier alpha value is -3.51. The summed E-state index contributed by atoms with van der Waals surface area (Å²) in [5, 5.41) is 35.2. The first-order valence-electron chi connectivity index (χ1n) is 15.0. The third-order valence-corrected chi connectivity index (χ3v) is 10.4. The number of Topliss-reactive ketones (excluding diaryl/α,β-unsaturated/α-hetero) is 3. The van der Waals surface area contributed by atoms with Crippen molar-refractivity contribution in [2.24, 2.45) is 22.7 Å². The molecule has 3 aliphatic carbocycles. The highest BCUT2D eigenvalue weighted by Gasteiger charge is 2.72. The van der Waals surface area contributed by atoms with E-state index in [0.29, 0.717) is 12.0 Å². The zero-order chi connectivity index (χ0) is 31.1. The van der Waals surface area contributed by atoms with Crippen LogP contribution in [0.4, 0.5) is 0 Å². The second kappa shape index (κ2) is 9.77. The Morgan fingerprint density at radius 1 is 1.00 bits per heavy atom. The normalized spacial score (nSPS) is 29.0. The summed E-state index contributed by atoms with van der Waals surface area (Å²) in [6.45, 7) is 14.9. The SMILES string of the molecule is CCc1ccc(CC)c(-c2ccc(O)c3c2C[C@@]2(C)C[C@@]4(C)[C@H](C(C)C)C(C)=C(C(C)=O)C(=O)[C@@]4(O)C(=O)C2=C3O)c1. The number of aliphatic hydroxyl groups excluding tert-OH is 1. The van der Waals surface area contributed by atoms with Gasteiger partial charge in [0.05, 0.1) is 11.1 Å². The lowest BCUT2D eigenvalue weighted by molar-refractivity contribution is -0.180. The molecule has 3 aliphatic rings. The Labute approximate surface area is 248 Å². The summed E-state index contributed by atoms with van der Waals surface area (Å²) in [6.07, 6.45) is 2.20. The minimum atomic E-state index is -2.53. The Bertz CT molecular complexity index is 1620. The molecule has 42 heavy (non-hydrogen) atoms. The number of aryl methyl sites for hydroxylation is 2. The summed E-state index contributed by atoms with van der Waals surface area (Å²) in [4.78, 5) is 41.2. The lowest BCUT2D eigenvalue weighted by Crippen LogP contribution is -2.70. The lowest BCUT2D eigenvalue weighted by Gasteiger charge is -2.60. The summed E-state index contributed by atoms with van der Waals surface area (Å²) >= 11 is 0. The monoisotopic (exact) mass is 570 g/mol. The van der Waals surface area contributed by atoms with Crippen molar-refractivity contribution < 1.29 is 29.7 Å². The number of benzene rings is 2. The number of carbonyl (C=O) groups is 3. The van der Waals surface area contributed by atoms with Crippen LogP contribution < -0.4 is 0 Å². The third kappa shape index (κ3) is 3.76. The van der Waals surface area contributed by atoms with Crippen LogP contribution in [0, 0.1) is 22.7 Å². The van der Waals surface area contributed by atoms with E-state index in [2.05, 4.69) is 32.0 Å². The molecule has 5 rings (SSSR count). The van der Waals surface area contributed by atoms with E-state index in [4.69, 9.17) is 0 Å². The van der Waals surface area contributed by atoms with E-state index in [9.17, 15) is 29.7 Å². The maximum Gasteiger partial charge on any atom is 0.206 e. The van der Waals surface area contributed by atoms with Crippen molar-refractivity contribution in [3.8, 4) is 16.9 Å². The van der Waals surface area contributed by atoms with Gasteiger partial charge in [-0.1, -0.05) is 71.4 Å². The largest absolute Gasteiger partial charge is 0.507 e. The van der Waals surface area contributed by atoms with E-state index in [1.54, 1.807) is 13.8 Å². The van der Waals surface area contributed by atoms with Crippen molar-refractivity contribution in [1.29, 1.82) is 0 Å². The van der Waals surface area contributed by atoms with Gasteiger partial charge in [-0.2, -0.15) is 0 Å². The van der Waals surface area contributed by atoms with Gasteiger partial charge in [0, 0.05) is 16.4 Å². The summed E-state index contributed by atoms with van der Waals surface area (Å²) in [7, 11) is 0. The Morgan fingerprint density at radius 2 is 1.67 bits per heavy atom. The molecule has 6 heteroatoms. The summed E-state index contributed by atoms with van der Waals surface area (Å²) < 4.78 is 0. The first-order chi connectivity index (χ1) is 19.6. The fourth-order valence-corrected chi connectivity index (χ4v) is 8.90. The maximum absolute atomic E-state index is 14.5. The minimum Gasteiger partial charge on any atom is -0.507 e. The van der Waals surface area contributed by atoms with Crippen LogP contribution in [0.15, 0.2) is 47.1 Å². The molecule has 0 unspecified atom stereocenters. The molecule has 0 bridgehead atoms. The van der Waals surface area contributed by atoms with Crippen LogP contribution in [0.25, 0.3) is 16.9 Å². The van der Waals surface area contributed by atoms with Crippen molar-refractivity contribution in [1.82, 2.24) is 0 Å². The number of aliphatic hydroxyl groups is 2. The van der Waals surface area contributed by atoms with Gasteiger partial charge in [0.15, 0.2) is 11.4 Å². The molecule has 222 valence electrons. The van der Waals surface area contributed by atoms with Gasteiger partial charge in [0.2, 0.25) is 11.6 Å². The fourth-order valence-electron chi connectivity index (χ4n) is 8.90. The standard InChI is InChI=1S/C36H42O6/c1-9-21-11-12-22(10-2)24(15-21)23-13-14-26(38)28-25(23)16-34(7)17-35(8)29(18(3)4)19(5)27(20(6)37)32(40)36(35,42)33(41)30(34)31(28)39/h11-15,18,29,38-39,42H,9-10,16-17H2,1-8H3/t29-,34+,35+,36-/m1/s1. The molecule has 2 aromatic rings. The smallest absolute Gasteiger partial charge is 0.206 e. The number of carbonyl (C=O) groups excluding carboxylic acids is 3. The lowest BCUT2D eigenvalue weighted by atomic mass is 9.42. The highest BCUT2D eigenvalue weighted by Crippen LogP contribution is 2.65. The fraction of sp³-hybridized carbons (Fsp3) is 0.472. The van der Waals surface area contributed by atoms with Crippen molar-refractivity contribution in [3.05, 3.63) is 69.3 Å². The number of aromatic hydroxyl groups is 1. The quantitative estimate of drug-likeness (QED) is 0.280. The van der Waals surface area contributed by atoms with Crippen LogP contribution >= 0.6 is 0 Å². The molecule has 0 aliphatic heterocycles. The minimum absolute atomic E-state index is 0.0567. The van der Waals surface area contributed by atoms with E-state index >= 15 is 0 Å². The Balaban J connectivity index is 1.82. The molecule has 1 saturated carbocycles. The average Bonchev–Trinajstić information content (AvgIpc) is 2.90. The first kappa shape index (κ1) is 30.0. The molecular formula is C36H42O6. The molecule has 0 spiro atoms. The van der Waals surface area contributed by atoms with Crippen LogP contribution in [0.1, 0.15) is 84.1 Å². The number of ketones is 3. The van der Waals surface area contributed by atoms with Gasteiger partial charge in [0.1, 0.15) is 11.5 Å². The predicted molar refractivity (Wildman–Crippen MR) is 163 cm³/mol. The number of phenolic OH excluding ortho intramolecular Hbond substituents is 1. The molecular weight excluding hydrogens is 528 g/mol. The van der Waals surface area contributed by atoms with E-state index in [1.807, 2.05) is 26.8 Å². The zero-order valence-corrected chi connectivity index (χ0v) is 25.9. The van der Waals surface area contributed by atoms with Crippen LogP contribution in [-0.4, -0.2) is 38.3 Å². The van der Waals surface area contributed by atoms with Gasteiger partial charge in [-0.15, -0.1) is 0 Å². The van der Waals surface area contributed by atoms with Gasteiger partial charge in [0.25, 0.3) is 0 Å². The van der Waals surface area contributed by atoms with Crippen LogP contribution in [0.3, 0.4) is 0 Å². The number of rotatable bonds is 5. The number of phenols is 1. The topological polar surface area (TPSA) is 112 Å². The third-order valence-electron chi connectivity index (χ3n) is 10.4. The number of allylic oxidation sites excluding steroid dienone is 1. The number of hydrogen-bond donors (Lipinski definition) is 3. The van der Waals surface area contributed by atoms with Crippen molar-refractivity contribution in [2.45, 2.75) is 86.7 Å². The van der Waals surface area contributed by atoms with Gasteiger partial charge in [-0.05, 0) is 85.3 Å². The molecule has 6 nitrogen and oxygen atoms in total. The molecule has 3 N–H and O–H groups in total. The molecule has 0 aromatic heterocycles. The van der Waals surface area contributed by atoms with Crippen LogP contribution in [-0.2, 0) is 33.6 Å². The van der Waals surface area contributed by atoms with Gasteiger partial charge in [-0.25, -0.2) is 0 Å². The molecule has 0 amide bonds. The summed E-state index contributed by atoms with van der Waals surface area (Å²) in [5.74, 6) is -3.36. The zero-order valence-electron chi connectivity index (χ0n) is 25.9. The second-order valence-corrected chi connectivity index (χ2v) is 13.4. The van der Waals surface area contributed by atoms with Gasteiger partial charge >= 0.3 is 0 Å². The number of fused-ring (bicyclic) bond motifs is 3. The van der Waals surface area contributed by atoms with Crippen LogP contribution in [0.5, 0.6) is 5.75 Å². The average molecular weight is 571 g/mol. The second-order valence-electron chi connectivity index (χ2n) is 13.4. The number of hydrogen-bond acceptors (Lipinski definition) is 6. The highest BCUT2D eigenvalue weighted by atomic mass is 16.3. The van der Waals surface area contributed by atoms with Gasteiger partial charge < -0.3 is 15.3 Å². The Morgan fingerprint density at radius 3 is 2.24 bits per heavy atom. The molecule has 0 heterocycles. The maximum atomic E-state index is 14.5. The van der Waals surface area contributed by atoms with Gasteiger partial charge in [-0.3, -0.25) is 14.4 Å². The van der Waals surface area contributed by atoms with E-state index in [0.717, 1.165) is 35.1 Å². The van der Waals surface area contributed by atoms with Crippen molar-refractivity contribution in [3.63, 3.8) is 0 Å². The highest BCUT2D eigenvalue weighted by molar-refractivity contribution is 6.33.